The number of nitrogens with one attached hydrogen (secondary N) is 2. The number of anilines is 3. The molecule has 1 aromatic carbocycles. The topological polar surface area (TPSA) is 143 Å². The number of aromatic nitrogens is 2. The number of hydrogen-bond donors (Lipinski definition) is 3. The van der Waals surface area contributed by atoms with E-state index in [0.29, 0.717) is 11.3 Å². The maximum absolute atomic E-state index is 11.1. The average Bonchev–Trinajstić information content (AvgIpc) is 2.48. The van der Waals surface area contributed by atoms with Gasteiger partial charge in [-0.15, -0.1) is 0 Å². The van der Waals surface area contributed by atoms with E-state index in [1.807, 2.05) is 6.07 Å². The Morgan fingerprint density at radius 1 is 1.38 bits per heavy atom. The Morgan fingerprint density at radius 3 is 2.71 bits per heavy atom. The van der Waals surface area contributed by atoms with Crippen LogP contribution in [0.4, 0.5) is 23.0 Å². The van der Waals surface area contributed by atoms with Crippen LogP contribution in [0.5, 0.6) is 0 Å². The van der Waals surface area contributed by atoms with Crippen LogP contribution in [-0.2, 0) is 0 Å². The summed E-state index contributed by atoms with van der Waals surface area (Å²) in [5, 5.41) is 22.9. The second-order valence-electron chi connectivity index (χ2n) is 4.09. The summed E-state index contributed by atoms with van der Waals surface area (Å²) in [5.41, 5.74) is 3.56. The Hall–Kier alpha value is -3.25. The van der Waals surface area contributed by atoms with E-state index < -0.39 is 4.92 Å². The molecule has 0 aliphatic carbocycles. The standard InChI is InChI=1S/C12H11N7O2/c1-7-2-3-8(5-13)4-9(7)17-11-10(19(20)21)12(18-14)16-6-15-11/h2-4,6H,14H2,1H3,(H2,15,16,17,18). The zero-order valence-corrected chi connectivity index (χ0v) is 11.0. The summed E-state index contributed by atoms with van der Waals surface area (Å²) < 4.78 is 0. The molecule has 0 spiro atoms. The van der Waals surface area contributed by atoms with Gasteiger partial charge in [-0.3, -0.25) is 10.1 Å². The number of nitriles is 1. The van der Waals surface area contributed by atoms with Crippen molar-refractivity contribution >= 4 is 23.0 Å². The summed E-state index contributed by atoms with van der Waals surface area (Å²) in [6.45, 7) is 1.80. The lowest BCUT2D eigenvalue weighted by atomic mass is 10.1. The third kappa shape index (κ3) is 2.85. The number of aryl methyl sites for hydroxylation is 1. The number of benzene rings is 1. The predicted molar refractivity (Wildman–Crippen MR) is 75.7 cm³/mol. The molecular formula is C12H11N7O2. The van der Waals surface area contributed by atoms with Crippen molar-refractivity contribution in [3.8, 4) is 6.07 Å². The molecule has 0 unspecified atom stereocenters. The lowest BCUT2D eigenvalue weighted by Gasteiger charge is -2.10. The number of nitrogen functional groups attached to an aromatic ring is 1. The molecule has 1 aromatic heterocycles. The number of nitrogens with zero attached hydrogens (tertiary/aromatic N) is 4. The molecule has 9 heteroatoms. The highest BCUT2D eigenvalue weighted by molar-refractivity contribution is 5.74. The second kappa shape index (κ2) is 5.81. The van der Waals surface area contributed by atoms with Crippen molar-refractivity contribution in [2.45, 2.75) is 6.92 Å². The van der Waals surface area contributed by atoms with E-state index in [0.717, 1.165) is 11.9 Å². The van der Waals surface area contributed by atoms with E-state index in [1.54, 1.807) is 25.1 Å². The van der Waals surface area contributed by atoms with Crippen LogP contribution < -0.4 is 16.6 Å². The van der Waals surface area contributed by atoms with E-state index in [2.05, 4.69) is 20.7 Å². The van der Waals surface area contributed by atoms with Gasteiger partial charge in [0.1, 0.15) is 6.33 Å². The lowest BCUT2D eigenvalue weighted by molar-refractivity contribution is -0.383. The van der Waals surface area contributed by atoms with Crippen LogP contribution in [0.2, 0.25) is 0 Å². The maximum atomic E-state index is 11.1. The molecule has 9 nitrogen and oxygen atoms in total. The van der Waals surface area contributed by atoms with Crippen molar-refractivity contribution in [2.75, 3.05) is 10.7 Å². The van der Waals surface area contributed by atoms with Crippen LogP contribution >= 0.6 is 0 Å². The minimum absolute atomic E-state index is 0.0128. The third-order valence-corrected chi connectivity index (χ3v) is 2.76. The number of nitrogens with two attached hydrogens (primary N) is 1. The van der Waals surface area contributed by atoms with E-state index >= 15 is 0 Å². The van der Waals surface area contributed by atoms with Gasteiger partial charge in [0.05, 0.1) is 16.6 Å². The zero-order chi connectivity index (χ0) is 15.4. The minimum Gasteiger partial charge on any atom is -0.334 e. The summed E-state index contributed by atoms with van der Waals surface area (Å²) >= 11 is 0. The van der Waals surface area contributed by atoms with E-state index in [1.165, 1.54) is 0 Å². The number of rotatable bonds is 4. The maximum Gasteiger partial charge on any atom is 0.354 e. The van der Waals surface area contributed by atoms with Gasteiger partial charge < -0.3 is 10.7 Å². The first-order valence-electron chi connectivity index (χ1n) is 5.80. The van der Waals surface area contributed by atoms with Crippen molar-refractivity contribution in [2.24, 2.45) is 5.84 Å². The monoisotopic (exact) mass is 285 g/mol. The Morgan fingerprint density at radius 2 is 2.10 bits per heavy atom. The molecule has 0 fully saturated rings. The molecule has 0 aliphatic heterocycles. The number of hydrazine groups is 1. The van der Waals surface area contributed by atoms with Gasteiger partial charge in [0, 0.05) is 5.69 Å². The van der Waals surface area contributed by atoms with Crippen LogP contribution in [0, 0.1) is 28.4 Å². The highest BCUT2D eigenvalue weighted by atomic mass is 16.6. The van der Waals surface area contributed by atoms with Crippen molar-refractivity contribution in [1.82, 2.24) is 9.97 Å². The summed E-state index contributed by atoms with van der Waals surface area (Å²) in [6.07, 6.45) is 1.15. The molecule has 0 bridgehead atoms. The van der Waals surface area contributed by atoms with Crippen LogP contribution in [0.1, 0.15) is 11.1 Å². The largest absolute Gasteiger partial charge is 0.354 e. The van der Waals surface area contributed by atoms with Gasteiger partial charge in [-0.2, -0.15) is 5.26 Å². The highest BCUT2D eigenvalue weighted by Crippen LogP contribution is 2.31. The van der Waals surface area contributed by atoms with E-state index in [9.17, 15) is 10.1 Å². The zero-order valence-electron chi connectivity index (χ0n) is 11.0. The summed E-state index contributed by atoms with van der Waals surface area (Å²) in [4.78, 5) is 18.1. The first-order valence-corrected chi connectivity index (χ1v) is 5.80. The average molecular weight is 285 g/mol. The minimum atomic E-state index is -0.638. The summed E-state index contributed by atoms with van der Waals surface area (Å²) in [5.74, 6) is 5.09. The highest BCUT2D eigenvalue weighted by Gasteiger charge is 2.22. The van der Waals surface area contributed by atoms with Crippen molar-refractivity contribution in [3.63, 3.8) is 0 Å². The Kier molecular flexibility index (Phi) is 3.92. The van der Waals surface area contributed by atoms with Crippen molar-refractivity contribution in [3.05, 3.63) is 45.8 Å². The number of nitro groups is 1. The molecule has 2 aromatic rings. The SMILES string of the molecule is Cc1ccc(C#N)cc1Nc1ncnc(NN)c1[N+](=O)[O-]. The van der Waals surface area contributed by atoms with Crippen molar-refractivity contribution in [1.29, 1.82) is 5.26 Å². The van der Waals surface area contributed by atoms with Crippen molar-refractivity contribution < 1.29 is 4.92 Å². The first kappa shape index (κ1) is 14.2. The van der Waals surface area contributed by atoms with Crippen LogP contribution in [0.15, 0.2) is 24.5 Å². The molecule has 21 heavy (non-hydrogen) atoms. The quantitative estimate of drug-likeness (QED) is 0.436. The van der Waals surface area contributed by atoms with Gasteiger partial charge in [0.25, 0.3) is 0 Å². The first-order chi connectivity index (χ1) is 10.1. The van der Waals surface area contributed by atoms with Crippen LogP contribution in [-0.4, -0.2) is 14.9 Å². The Labute approximate surface area is 119 Å². The summed E-state index contributed by atoms with van der Waals surface area (Å²) in [7, 11) is 0. The predicted octanol–water partition coefficient (Wildman–Crippen LogP) is 1.59. The van der Waals surface area contributed by atoms with Crippen LogP contribution in [0.25, 0.3) is 0 Å². The van der Waals surface area contributed by atoms with Gasteiger partial charge in [-0.25, -0.2) is 15.8 Å². The molecule has 0 saturated heterocycles. The molecule has 2 rings (SSSR count). The Bertz CT molecular complexity index is 739. The molecule has 0 saturated carbocycles. The van der Waals surface area contributed by atoms with Crippen LogP contribution in [0.3, 0.4) is 0 Å². The molecule has 0 atom stereocenters. The molecule has 0 radical (unpaired) electrons. The molecular weight excluding hydrogens is 274 g/mol. The molecule has 0 amide bonds. The third-order valence-electron chi connectivity index (χ3n) is 2.76. The van der Waals surface area contributed by atoms with Gasteiger partial charge in [0.2, 0.25) is 11.6 Å². The Balaban J connectivity index is 2.50. The summed E-state index contributed by atoms with van der Waals surface area (Å²) in [6, 6.07) is 6.97. The van der Waals surface area contributed by atoms with Gasteiger partial charge in [-0.1, -0.05) is 6.07 Å². The smallest absolute Gasteiger partial charge is 0.334 e. The molecule has 0 aliphatic rings. The second-order valence-corrected chi connectivity index (χ2v) is 4.09. The number of hydrogen-bond acceptors (Lipinski definition) is 8. The van der Waals surface area contributed by atoms with E-state index in [4.69, 9.17) is 11.1 Å². The van der Waals surface area contributed by atoms with Gasteiger partial charge in [0.15, 0.2) is 0 Å². The molecule has 1 heterocycles. The van der Waals surface area contributed by atoms with Gasteiger partial charge in [-0.05, 0) is 24.6 Å². The van der Waals surface area contributed by atoms with Gasteiger partial charge >= 0.3 is 5.69 Å². The van der Waals surface area contributed by atoms with E-state index in [-0.39, 0.29) is 17.3 Å². The molecule has 106 valence electrons. The normalized spacial score (nSPS) is 9.76. The lowest BCUT2D eigenvalue weighted by Crippen LogP contribution is -2.13. The molecule has 4 N–H and O–H groups in total. The fourth-order valence-electron chi connectivity index (χ4n) is 1.70. The fourth-order valence-corrected chi connectivity index (χ4v) is 1.70. The fraction of sp³-hybridized carbons (Fsp3) is 0.0833.